The molecule has 1 saturated heterocycles. The lowest BCUT2D eigenvalue weighted by Crippen LogP contribution is -2.38. The van der Waals surface area contributed by atoms with Crippen LogP contribution in [0.1, 0.15) is 23.2 Å². The quantitative estimate of drug-likeness (QED) is 0.490. The van der Waals surface area contributed by atoms with Crippen molar-refractivity contribution < 1.29 is 18.3 Å². The van der Waals surface area contributed by atoms with E-state index in [1.165, 1.54) is 35.1 Å². The summed E-state index contributed by atoms with van der Waals surface area (Å²) < 4.78 is 40.0. The molecule has 0 radical (unpaired) electrons. The fourth-order valence-corrected chi connectivity index (χ4v) is 5.57. The maximum absolute atomic E-state index is 14.2. The van der Waals surface area contributed by atoms with Crippen LogP contribution in [-0.2, 0) is 17.6 Å². The van der Waals surface area contributed by atoms with Crippen LogP contribution in [0.25, 0.3) is 16.1 Å². The number of nitrogens with zero attached hydrogens (tertiary/aromatic N) is 2. The van der Waals surface area contributed by atoms with Crippen LogP contribution < -0.4 is 10.1 Å². The van der Waals surface area contributed by atoms with E-state index in [1.54, 1.807) is 0 Å². The zero-order chi connectivity index (χ0) is 23.5. The number of ether oxygens (including phenoxy) is 2. The highest BCUT2D eigenvalue weighted by Gasteiger charge is 2.23. The molecule has 1 fully saturated rings. The third-order valence-electron chi connectivity index (χ3n) is 6.21. The van der Waals surface area contributed by atoms with Gasteiger partial charge in [-0.05, 0) is 37.5 Å². The third kappa shape index (κ3) is 4.85. The number of fused-ring (bicyclic) bond motifs is 3. The second-order valence-electron chi connectivity index (χ2n) is 8.43. The van der Waals surface area contributed by atoms with Gasteiger partial charge in [-0.1, -0.05) is 36.1 Å². The van der Waals surface area contributed by atoms with Crippen LogP contribution >= 0.6 is 11.3 Å². The number of halogens is 2. The number of nitrogens with one attached hydrogen (secondary N) is 1. The van der Waals surface area contributed by atoms with E-state index in [4.69, 9.17) is 14.5 Å². The normalized spacial score (nSPS) is 15.8. The van der Waals surface area contributed by atoms with Gasteiger partial charge in [-0.2, -0.15) is 0 Å². The van der Waals surface area contributed by atoms with Gasteiger partial charge in [0, 0.05) is 36.5 Å². The summed E-state index contributed by atoms with van der Waals surface area (Å²) in [4.78, 5) is 8.15. The number of thiazole rings is 1. The van der Waals surface area contributed by atoms with Gasteiger partial charge in [0.2, 0.25) is 0 Å². The highest BCUT2D eigenvalue weighted by atomic mass is 32.1. The molecule has 178 valence electrons. The summed E-state index contributed by atoms with van der Waals surface area (Å²) >= 11 is 1.48. The first-order valence-corrected chi connectivity index (χ1v) is 12.4. The molecule has 0 atom stereocenters. The van der Waals surface area contributed by atoms with Crippen LogP contribution in [0, 0.1) is 11.6 Å². The molecule has 1 N–H and O–H groups in total. The van der Waals surface area contributed by atoms with Crippen molar-refractivity contribution in [3.8, 4) is 16.2 Å². The van der Waals surface area contributed by atoms with Crippen molar-refractivity contribution >= 4 is 22.2 Å². The average molecular weight is 484 g/mol. The average Bonchev–Trinajstić information content (AvgIpc) is 3.14. The van der Waals surface area contributed by atoms with Crippen LogP contribution in [0.2, 0.25) is 0 Å². The molecule has 0 spiro atoms. The highest BCUT2D eigenvalue weighted by molar-refractivity contribution is 7.19. The Morgan fingerprint density at radius 2 is 1.88 bits per heavy atom. The van der Waals surface area contributed by atoms with E-state index in [1.807, 2.05) is 12.1 Å². The smallest absolute Gasteiger partial charge is 0.187 e. The zero-order valence-electron chi connectivity index (χ0n) is 18.9. The first-order valence-electron chi connectivity index (χ1n) is 11.6. The summed E-state index contributed by atoms with van der Waals surface area (Å²) in [5.74, 6) is -0.390. The summed E-state index contributed by atoms with van der Waals surface area (Å²) in [6, 6.07) is 9.93. The van der Waals surface area contributed by atoms with Crippen molar-refractivity contribution in [2.75, 3.05) is 44.8 Å². The summed E-state index contributed by atoms with van der Waals surface area (Å²) in [5.41, 5.74) is 3.28. The molecule has 2 aliphatic rings. The molecule has 1 aliphatic carbocycles. The predicted molar refractivity (Wildman–Crippen MR) is 131 cm³/mol. The van der Waals surface area contributed by atoms with E-state index >= 15 is 0 Å². The minimum Gasteiger partial charge on any atom is -0.492 e. The van der Waals surface area contributed by atoms with E-state index in [0.29, 0.717) is 11.7 Å². The molecule has 0 unspecified atom stereocenters. The van der Waals surface area contributed by atoms with Gasteiger partial charge in [0.15, 0.2) is 5.13 Å². The molecule has 0 saturated carbocycles. The Morgan fingerprint density at radius 1 is 1.12 bits per heavy atom. The molecule has 1 aromatic heterocycles. The van der Waals surface area contributed by atoms with Gasteiger partial charge in [-0.3, -0.25) is 4.90 Å². The standard InChI is InChI=1S/C26H27F2N3O2S/c1-17(24-20(27)7-4-8-21(24)28)29-26-30-22-9-2-5-18-19(25(22)34-26)6-3-10-23(18)33-16-13-31-11-14-32-15-12-31/h3-4,6-8,10H,1-2,5,9,11-16H2,(H,29,30). The zero-order valence-corrected chi connectivity index (χ0v) is 19.7. The molecule has 5 rings (SSSR count). The topological polar surface area (TPSA) is 46.6 Å². The molecule has 0 bridgehead atoms. The molecule has 1 aliphatic heterocycles. The van der Waals surface area contributed by atoms with E-state index in [2.05, 4.69) is 22.9 Å². The summed E-state index contributed by atoms with van der Waals surface area (Å²) in [7, 11) is 0. The van der Waals surface area contributed by atoms with Gasteiger partial charge in [0.1, 0.15) is 24.0 Å². The van der Waals surface area contributed by atoms with Crippen LogP contribution in [0.15, 0.2) is 43.0 Å². The molecule has 3 aromatic rings. The van der Waals surface area contributed by atoms with Crippen LogP contribution in [-0.4, -0.2) is 49.3 Å². The van der Waals surface area contributed by atoms with Crippen LogP contribution in [0.5, 0.6) is 5.75 Å². The van der Waals surface area contributed by atoms with Gasteiger partial charge < -0.3 is 14.8 Å². The lowest BCUT2D eigenvalue weighted by atomic mass is 10.0. The Kier molecular flexibility index (Phi) is 6.89. The van der Waals surface area contributed by atoms with Crippen LogP contribution in [0.4, 0.5) is 13.9 Å². The SMILES string of the molecule is C=C(Nc1nc2c(s1)-c1cccc(OCCN3CCOCC3)c1CCC2)c1c(F)cccc1F. The number of hydrogen-bond acceptors (Lipinski definition) is 6. The Bertz CT molecular complexity index is 1170. The van der Waals surface area contributed by atoms with E-state index < -0.39 is 11.6 Å². The lowest BCUT2D eigenvalue weighted by Gasteiger charge is -2.26. The first kappa shape index (κ1) is 23.0. The monoisotopic (exact) mass is 483 g/mol. The Labute approximate surface area is 202 Å². The van der Waals surface area contributed by atoms with Crippen molar-refractivity contribution in [1.29, 1.82) is 0 Å². The Morgan fingerprint density at radius 3 is 2.68 bits per heavy atom. The molecule has 5 nitrogen and oxygen atoms in total. The van der Waals surface area contributed by atoms with E-state index in [9.17, 15) is 8.78 Å². The Hall–Kier alpha value is -2.81. The van der Waals surface area contributed by atoms with Crippen molar-refractivity contribution in [3.63, 3.8) is 0 Å². The summed E-state index contributed by atoms with van der Waals surface area (Å²) in [6.45, 7) is 8.79. The maximum Gasteiger partial charge on any atom is 0.187 e. The van der Waals surface area contributed by atoms with Crippen molar-refractivity contribution in [2.45, 2.75) is 19.3 Å². The van der Waals surface area contributed by atoms with Crippen LogP contribution in [0.3, 0.4) is 0 Å². The second kappa shape index (κ2) is 10.2. The number of hydrogen-bond donors (Lipinski definition) is 1. The van der Waals surface area contributed by atoms with Gasteiger partial charge in [-0.25, -0.2) is 13.8 Å². The Balaban J connectivity index is 1.34. The second-order valence-corrected chi connectivity index (χ2v) is 9.43. The maximum atomic E-state index is 14.2. The van der Waals surface area contributed by atoms with Gasteiger partial charge in [-0.15, -0.1) is 0 Å². The first-order chi connectivity index (χ1) is 16.6. The molecular weight excluding hydrogens is 456 g/mol. The van der Waals surface area contributed by atoms with Gasteiger partial charge >= 0.3 is 0 Å². The van der Waals surface area contributed by atoms with Crippen molar-refractivity contribution in [3.05, 3.63) is 71.4 Å². The third-order valence-corrected chi connectivity index (χ3v) is 7.25. The fourth-order valence-electron chi connectivity index (χ4n) is 4.48. The number of aromatic nitrogens is 1. The predicted octanol–water partition coefficient (Wildman–Crippen LogP) is 5.37. The molecule has 0 amide bonds. The highest BCUT2D eigenvalue weighted by Crippen LogP contribution is 2.42. The van der Waals surface area contributed by atoms with Crippen molar-refractivity contribution in [1.82, 2.24) is 9.88 Å². The number of anilines is 1. The molecular formula is C26H27F2N3O2S. The molecule has 2 aromatic carbocycles. The molecule has 8 heteroatoms. The number of aryl methyl sites for hydroxylation is 1. The molecule has 34 heavy (non-hydrogen) atoms. The minimum atomic E-state index is -0.653. The van der Waals surface area contributed by atoms with Gasteiger partial charge in [0.05, 0.1) is 29.3 Å². The minimum absolute atomic E-state index is 0.153. The largest absolute Gasteiger partial charge is 0.492 e. The van der Waals surface area contributed by atoms with Gasteiger partial charge in [0.25, 0.3) is 0 Å². The summed E-state index contributed by atoms with van der Waals surface area (Å²) in [6.07, 6.45) is 2.70. The van der Waals surface area contributed by atoms with E-state index in [-0.39, 0.29) is 11.3 Å². The number of rotatable bonds is 7. The fraction of sp³-hybridized carbons (Fsp3) is 0.346. The van der Waals surface area contributed by atoms with Crippen molar-refractivity contribution in [2.24, 2.45) is 0 Å². The number of morpholine rings is 1. The lowest BCUT2D eigenvalue weighted by molar-refractivity contribution is 0.0322. The number of benzene rings is 2. The van der Waals surface area contributed by atoms with E-state index in [0.717, 1.165) is 74.0 Å². The molecule has 2 heterocycles. The summed E-state index contributed by atoms with van der Waals surface area (Å²) in [5, 5.41) is 3.59.